The fraction of sp³-hybridized carbons (Fsp3) is 0.231. The number of aryl methyl sites for hydroxylation is 1. The van der Waals surface area contributed by atoms with Gasteiger partial charge in [-0.05, 0) is 30.0 Å². The molecule has 0 radical (unpaired) electrons. The van der Waals surface area contributed by atoms with Crippen LogP contribution >= 0.6 is 0 Å². The van der Waals surface area contributed by atoms with Crippen LogP contribution in [0.1, 0.15) is 29.0 Å². The van der Waals surface area contributed by atoms with Crippen LogP contribution in [0.25, 0.3) is 0 Å². The highest BCUT2D eigenvalue weighted by Gasteiger charge is 2.27. The van der Waals surface area contributed by atoms with Crippen molar-refractivity contribution in [3.63, 3.8) is 0 Å². The number of nitrogens with one attached hydrogen (secondary N) is 1. The van der Waals surface area contributed by atoms with E-state index in [9.17, 15) is 10.1 Å². The molecule has 0 heterocycles. The summed E-state index contributed by atoms with van der Waals surface area (Å²) >= 11 is 0. The van der Waals surface area contributed by atoms with Crippen LogP contribution in [0, 0.1) is 11.3 Å². The van der Waals surface area contributed by atoms with Crippen molar-refractivity contribution in [2.45, 2.75) is 31.4 Å². The highest BCUT2D eigenvalue weighted by Crippen LogP contribution is 2.30. The van der Waals surface area contributed by atoms with Gasteiger partial charge in [0.1, 0.15) is 12.4 Å². The molecule has 0 fully saturated rings. The summed E-state index contributed by atoms with van der Waals surface area (Å²) in [6.45, 7) is 0.171. The number of carbonyl (C=O) groups excluding carboxylic acids is 1. The summed E-state index contributed by atoms with van der Waals surface area (Å²) in [5.41, 5.74) is 2.79. The van der Waals surface area contributed by atoms with Gasteiger partial charge in [0.25, 0.3) is 0 Å². The zero-order valence-electron chi connectivity index (χ0n) is 17.5. The van der Waals surface area contributed by atoms with Gasteiger partial charge in [0.05, 0.1) is 25.1 Å². The van der Waals surface area contributed by atoms with Gasteiger partial charge in [0.15, 0.2) is 0 Å². The number of amides is 1. The normalized spacial score (nSPS) is 12.3. The lowest BCUT2D eigenvalue weighted by atomic mass is 9.88. The Morgan fingerprint density at radius 2 is 1.55 bits per heavy atom. The number of hydrogen-bond acceptors (Lipinski definition) is 4. The van der Waals surface area contributed by atoms with Gasteiger partial charge in [-0.25, -0.2) is 4.79 Å². The molecule has 0 spiro atoms. The Kier molecular flexibility index (Phi) is 8.07. The maximum absolute atomic E-state index is 12.6. The SMILES string of the molecule is COc1ccccc1[C@@H](C#N)[C@H](CCc1ccccc1)NC(=O)OCc1ccccc1. The van der Waals surface area contributed by atoms with Gasteiger partial charge in [-0.2, -0.15) is 5.26 Å². The number of rotatable bonds is 9. The zero-order chi connectivity index (χ0) is 21.9. The molecule has 0 aliphatic rings. The van der Waals surface area contributed by atoms with Gasteiger partial charge in [-0.15, -0.1) is 0 Å². The summed E-state index contributed by atoms with van der Waals surface area (Å²) in [5, 5.41) is 12.9. The average molecular weight is 415 g/mol. The minimum Gasteiger partial charge on any atom is -0.496 e. The minimum atomic E-state index is -0.580. The van der Waals surface area contributed by atoms with Crippen LogP contribution in [0.3, 0.4) is 0 Å². The monoisotopic (exact) mass is 414 g/mol. The Morgan fingerprint density at radius 1 is 0.935 bits per heavy atom. The molecule has 0 saturated carbocycles. The van der Waals surface area contributed by atoms with Gasteiger partial charge in [-0.3, -0.25) is 0 Å². The molecule has 2 atom stereocenters. The second kappa shape index (κ2) is 11.4. The van der Waals surface area contributed by atoms with Crippen molar-refractivity contribution < 1.29 is 14.3 Å². The van der Waals surface area contributed by atoms with E-state index >= 15 is 0 Å². The summed E-state index contributed by atoms with van der Waals surface area (Å²) in [7, 11) is 1.58. The van der Waals surface area contributed by atoms with Crippen LogP contribution in [0.2, 0.25) is 0 Å². The first-order valence-corrected chi connectivity index (χ1v) is 10.2. The first-order valence-electron chi connectivity index (χ1n) is 10.2. The lowest BCUT2D eigenvalue weighted by molar-refractivity contribution is 0.134. The van der Waals surface area contributed by atoms with Crippen molar-refractivity contribution in [1.29, 1.82) is 5.26 Å². The standard InChI is InChI=1S/C26H26N2O3/c1-30-25-15-9-8-14-22(25)23(18-27)24(17-16-20-10-4-2-5-11-20)28-26(29)31-19-21-12-6-3-7-13-21/h2-15,23-24H,16-17,19H2,1H3,(H,28,29)/t23-,24+/m1/s1. The maximum Gasteiger partial charge on any atom is 0.407 e. The summed E-state index contributed by atoms with van der Waals surface area (Å²) in [6, 6.07) is 28.8. The number of carbonyl (C=O) groups is 1. The highest BCUT2D eigenvalue weighted by molar-refractivity contribution is 5.68. The number of benzene rings is 3. The van der Waals surface area contributed by atoms with Crippen molar-refractivity contribution in [2.75, 3.05) is 7.11 Å². The van der Waals surface area contributed by atoms with Crippen LogP contribution < -0.4 is 10.1 Å². The van der Waals surface area contributed by atoms with Crippen LogP contribution in [0.15, 0.2) is 84.9 Å². The third-order valence-electron chi connectivity index (χ3n) is 5.12. The predicted octanol–water partition coefficient (Wildman–Crippen LogP) is 5.23. The molecule has 0 aliphatic heterocycles. The first-order chi connectivity index (χ1) is 15.2. The Hall–Kier alpha value is -3.78. The molecule has 0 aliphatic carbocycles. The van der Waals surface area contributed by atoms with Crippen molar-refractivity contribution >= 4 is 6.09 Å². The molecule has 5 heteroatoms. The fourth-order valence-corrected chi connectivity index (χ4v) is 3.50. The van der Waals surface area contributed by atoms with Crippen LogP contribution in [0.4, 0.5) is 4.79 Å². The lowest BCUT2D eigenvalue weighted by Gasteiger charge is -2.25. The van der Waals surface area contributed by atoms with Gasteiger partial charge in [0, 0.05) is 5.56 Å². The molecule has 3 rings (SSSR count). The van der Waals surface area contributed by atoms with E-state index in [1.54, 1.807) is 7.11 Å². The topological polar surface area (TPSA) is 71.3 Å². The largest absolute Gasteiger partial charge is 0.496 e. The minimum absolute atomic E-state index is 0.171. The summed E-state index contributed by atoms with van der Waals surface area (Å²) in [4.78, 5) is 12.6. The predicted molar refractivity (Wildman–Crippen MR) is 120 cm³/mol. The maximum atomic E-state index is 12.6. The molecule has 0 bridgehead atoms. The van der Waals surface area contributed by atoms with Crippen molar-refractivity contribution in [3.8, 4) is 11.8 Å². The Labute approximate surface area is 183 Å². The molecule has 0 aromatic heterocycles. The molecule has 158 valence electrons. The van der Waals surface area contributed by atoms with Gasteiger partial charge >= 0.3 is 6.09 Å². The Morgan fingerprint density at radius 3 is 2.19 bits per heavy atom. The lowest BCUT2D eigenvalue weighted by Crippen LogP contribution is -2.39. The van der Waals surface area contributed by atoms with Crippen LogP contribution in [0.5, 0.6) is 5.75 Å². The number of ether oxygens (including phenoxy) is 2. The van der Waals surface area contributed by atoms with Gasteiger partial charge < -0.3 is 14.8 Å². The van der Waals surface area contributed by atoms with Crippen molar-refractivity contribution in [2.24, 2.45) is 0 Å². The van der Waals surface area contributed by atoms with E-state index in [0.29, 0.717) is 12.2 Å². The Bertz CT molecular complexity index is 1000. The highest BCUT2D eigenvalue weighted by atomic mass is 16.5. The number of nitrogens with zero attached hydrogens (tertiary/aromatic N) is 1. The second-order valence-corrected chi connectivity index (χ2v) is 7.19. The number of nitriles is 1. The van der Waals surface area contributed by atoms with E-state index in [1.807, 2.05) is 84.9 Å². The summed E-state index contributed by atoms with van der Waals surface area (Å²) in [5.74, 6) is 0.0438. The van der Waals surface area contributed by atoms with E-state index in [1.165, 1.54) is 0 Å². The number of hydrogen-bond donors (Lipinski definition) is 1. The quantitative estimate of drug-likeness (QED) is 0.520. The number of methoxy groups -OCH3 is 1. The fourth-order valence-electron chi connectivity index (χ4n) is 3.50. The van der Waals surface area contributed by atoms with E-state index in [0.717, 1.165) is 23.1 Å². The number of alkyl carbamates (subject to hydrolysis) is 1. The molecule has 1 amide bonds. The molecule has 1 N–H and O–H groups in total. The zero-order valence-corrected chi connectivity index (χ0v) is 17.5. The van der Waals surface area contributed by atoms with E-state index in [4.69, 9.17) is 9.47 Å². The molecule has 31 heavy (non-hydrogen) atoms. The molecule has 3 aromatic carbocycles. The van der Waals surface area contributed by atoms with Crippen molar-refractivity contribution in [3.05, 3.63) is 102 Å². The third kappa shape index (κ3) is 6.35. The van der Waals surface area contributed by atoms with E-state index < -0.39 is 18.1 Å². The molecule has 0 unspecified atom stereocenters. The molecular weight excluding hydrogens is 388 g/mol. The third-order valence-corrected chi connectivity index (χ3v) is 5.12. The summed E-state index contributed by atoms with van der Waals surface area (Å²) < 4.78 is 10.9. The first kappa shape index (κ1) is 21.9. The number of para-hydroxylation sites is 1. The average Bonchev–Trinajstić information content (AvgIpc) is 2.83. The van der Waals surface area contributed by atoms with Crippen LogP contribution in [-0.4, -0.2) is 19.2 Å². The second-order valence-electron chi connectivity index (χ2n) is 7.19. The van der Waals surface area contributed by atoms with Crippen molar-refractivity contribution in [1.82, 2.24) is 5.32 Å². The molecule has 3 aromatic rings. The molecular formula is C26H26N2O3. The van der Waals surface area contributed by atoms with Gasteiger partial charge in [-0.1, -0.05) is 78.9 Å². The Balaban J connectivity index is 1.76. The molecule has 5 nitrogen and oxygen atoms in total. The summed E-state index contributed by atoms with van der Waals surface area (Å²) in [6.07, 6.45) is 0.760. The van der Waals surface area contributed by atoms with E-state index in [-0.39, 0.29) is 6.61 Å². The molecule has 0 saturated heterocycles. The van der Waals surface area contributed by atoms with Crippen LogP contribution in [-0.2, 0) is 17.8 Å². The van der Waals surface area contributed by atoms with Gasteiger partial charge in [0.2, 0.25) is 0 Å². The van der Waals surface area contributed by atoms with E-state index in [2.05, 4.69) is 11.4 Å². The smallest absolute Gasteiger partial charge is 0.407 e.